The highest BCUT2D eigenvalue weighted by Crippen LogP contribution is 2.04. The van der Waals surface area contributed by atoms with E-state index < -0.39 is 5.72 Å². The van der Waals surface area contributed by atoms with E-state index in [1.807, 2.05) is 14.1 Å². The van der Waals surface area contributed by atoms with Crippen LogP contribution in [0.25, 0.3) is 0 Å². The van der Waals surface area contributed by atoms with Crippen LogP contribution in [0.5, 0.6) is 0 Å². The average Bonchev–Trinajstić information content (AvgIpc) is 1.85. The van der Waals surface area contributed by atoms with Crippen LogP contribution < -0.4 is 11.1 Å². The molecule has 0 rings (SSSR count). The molecule has 0 aromatic rings. The molecule has 0 spiro atoms. The molecule has 74 valence electrons. The molecule has 0 aliphatic rings. The summed E-state index contributed by atoms with van der Waals surface area (Å²) >= 11 is 0. The van der Waals surface area contributed by atoms with Gasteiger partial charge in [0.15, 0.2) is 0 Å². The van der Waals surface area contributed by atoms with Crippen LogP contribution in [0.1, 0.15) is 12.8 Å². The van der Waals surface area contributed by atoms with E-state index in [2.05, 4.69) is 10.2 Å². The smallest absolute Gasteiger partial charge is 0.126 e. The van der Waals surface area contributed by atoms with Gasteiger partial charge in [0.1, 0.15) is 5.72 Å². The van der Waals surface area contributed by atoms with Gasteiger partial charge in [0.25, 0.3) is 0 Å². The first kappa shape index (κ1) is 11.8. The van der Waals surface area contributed by atoms with Crippen molar-refractivity contribution in [1.29, 1.82) is 0 Å². The molecule has 4 nitrogen and oxygen atoms in total. The fraction of sp³-hybridized carbons (Fsp3) is 1.00. The Morgan fingerprint density at radius 1 is 1.50 bits per heavy atom. The predicted octanol–water partition coefficient (Wildman–Crippen LogP) is -0.805. The van der Waals surface area contributed by atoms with Gasteiger partial charge < -0.3 is 21.1 Å². The van der Waals surface area contributed by atoms with Crippen molar-refractivity contribution in [2.24, 2.45) is 5.73 Å². The van der Waals surface area contributed by atoms with Crippen molar-refractivity contribution in [2.45, 2.75) is 18.6 Å². The Labute approximate surface area is 74.7 Å². The predicted molar refractivity (Wildman–Crippen MR) is 50.9 cm³/mol. The summed E-state index contributed by atoms with van der Waals surface area (Å²) in [6.45, 7) is 1.41. The van der Waals surface area contributed by atoms with E-state index in [4.69, 9.17) is 5.73 Å². The molecule has 0 aromatic carbocycles. The van der Waals surface area contributed by atoms with Gasteiger partial charge in [-0.15, -0.1) is 0 Å². The Bertz CT molecular complexity index is 115. The molecule has 0 aromatic heterocycles. The minimum absolute atomic E-state index is 0.445. The molecule has 0 aliphatic carbocycles. The Hall–Kier alpha value is -0.160. The number of rotatable bonds is 6. The summed E-state index contributed by atoms with van der Waals surface area (Å²) in [5.74, 6) is 0. The van der Waals surface area contributed by atoms with Crippen LogP contribution >= 0.6 is 0 Å². The summed E-state index contributed by atoms with van der Waals surface area (Å²) in [6, 6.07) is 0. The Kier molecular flexibility index (Phi) is 5.41. The quantitative estimate of drug-likeness (QED) is 0.462. The SMILES string of the molecule is CNCC(N)(O)CCCN(C)C. The maximum absolute atomic E-state index is 9.52. The molecule has 0 bridgehead atoms. The Morgan fingerprint density at radius 3 is 2.50 bits per heavy atom. The van der Waals surface area contributed by atoms with E-state index in [1.54, 1.807) is 7.05 Å². The minimum atomic E-state index is -1.05. The van der Waals surface area contributed by atoms with E-state index in [9.17, 15) is 5.11 Å². The molecular weight excluding hydrogens is 154 g/mol. The third-order valence-corrected chi connectivity index (χ3v) is 1.70. The summed E-state index contributed by atoms with van der Waals surface area (Å²) in [6.07, 6.45) is 1.55. The van der Waals surface area contributed by atoms with Gasteiger partial charge in [0.05, 0.1) is 0 Å². The number of hydrogen-bond acceptors (Lipinski definition) is 4. The average molecular weight is 175 g/mol. The maximum atomic E-state index is 9.52. The second kappa shape index (κ2) is 5.48. The largest absolute Gasteiger partial charge is 0.375 e. The van der Waals surface area contributed by atoms with Crippen molar-refractivity contribution in [1.82, 2.24) is 10.2 Å². The van der Waals surface area contributed by atoms with E-state index in [0.29, 0.717) is 13.0 Å². The van der Waals surface area contributed by atoms with Gasteiger partial charge in [-0.1, -0.05) is 0 Å². The third-order valence-electron chi connectivity index (χ3n) is 1.70. The first-order chi connectivity index (χ1) is 5.48. The van der Waals surface area contributed by atoms with Gasteiger partial charge in [-0.05, 0) is 40.5 Å². The van der Waals surface area contributed by atoms with Crippen molar-refractivity contribution in [2.75, 3.05) is 34.2 Å². The molecule has 1 unspecified atom stereocenters. The first-order valence-electron chi connectivity index (χ1n) is 4.28. The van der Waals surface area contributed by atoms with Crippen LogP contribution in [-0.4, -0.2) is 50.0 Å². The zero-order valence-corrected chi connectivity index (χ0v) is 8.30. The van der Waals surface area contributed by atoms with Gasteiger partial charge in [-0.3, -0.25) is 0 Å². The van der Waals surface area contributed by atoms with E-state index in [-0.39, 0.29) is 0 Å². The van der Waals surface area contributed by atoms with Gasteiger partial charge in [-0.25, -0.2) is 0 Å². The van der Waals surface area contributed by atoms with Gasteiger partial charge in [0.2, 0.25) is 0 Å². The van der Waals surface area contributed by atoms with Crippen molar-refractivity contribution in [3.63, 3.8) is 0 Å². The topological polar surface area (TPSA) is 61.5 Å². The highest BCUT2D eigenvalue weighted by atomic mass is 16.3. The summed E-state index contributed by atoms with van der Waals surface area (Å²) < 4.78 is 0. The molecule has 0 radical (unpaired) electrons. The van der Waals surface area contributed by atoms with Crippen LogP contribution in [0.15, 0.2) is 0 Å². The second-order valence-corrected chi connectivity index (χ2v) is 3.54. The molecule has 0 amide bonds. The molecule has 0 saturated carbocycles. The lowest BCUT2D eigenvalue weighted by atomic mass is 10.1. The van der Waals surface area contributed by atoms with Crippen molar-refractivity contribution in [3.05, 3.63) is 0 Å². The number of nitrogens with two attached hydrogens (primary N) is 1. The number of nitrogens with one attached hydrogen (secondary N) is 1. The van der Waals surface area contributed by atoms with Crippen LogP contribution in [0.2, 0.25) is 0 Å². The summed E-state index contributed by atoms with van der Waals surface area (Å²) in [5, 5.41) is 12.4. The summed E-state index contributed by atoms with van der Waals surface area (Å²) in [4.78, 5) is 2.08. The first-order valence-corrected chi connectivity index (χ1v) is 4.28. The van der Waals surface area contributed by atoms with Crippen molar-refractivity contribution >= 4 is 0 Å². The lowest BCUT2D eigenvalue weighted by molar-refractivity contribution is 0.0364. The second-order valence-electron chi connectivity index (χ2n) is 3.54. The van der Waals surface area contributed by atoms with Gasteiger partial charge >= 0.3 is 0 Å². The summed E-state index contributed by atoms with van der Waals surface area (Å²) in [5.41, 5.74) is 4.54. The van der Waals surface area contributed by atoms with Gasteiger partial charge in [-0.2, -0.15) is 0 Å². The minimum Gasteiger partial charge on any atom is -0.375 e. The number of hydrogen-bond donors (Lipinski definition) is 3. The molecule has 0 fully saturated rings. The monoisotopic (exact) mass is 175 g/mol. The normalized spacial score (nSPS) is 16.5. The maximum Gasteiger partial charge on any atom is 0.126 e. The molecule has 12 heavy (non-hydrogen) atoms. The highest BCUT2D eigenvalue weighted by molar-refractivity contribution is 4.72. The molecule has 0 heterocycles. The lowest BCUT2D eigenvalue weighted by Gasteiger charge is -2.23. The third kappa shape index (κ3) is 6.54. The highest BCUT2D eigenvalue weighted by Gasteiger charge is 2.18. The Balaban J connectivity index is 3.46. The molecule has 0 aliphatic heterocycles. The van der Waals surface area contributed by atoms with Crippen LogP contribution in [-0.2, 0) is 0 Å². The molecule has 1 atom stereocenters. The summed E-state index contributed by atoms with van der Waals surface area (Å²) in [7, 11) is 5.80. The fourth-order valence-corrected chi connectivity index (χ4v) is 1.10. The molecular formula is C8H21N3O. The van der Waals surface area contributed by atoms with E-state index >= 15 is 0 Å². The lowest BCUT2D eigenvalue weighted by Crippen LogP contribution is -2.48. The number of likely N-dealkylation sites (N-methyl/N-ethyl adjacent to an activating group) is 1. The standard InChI is InChI=1S/C8H21N3O/c1-10-7-8(9,12)5-4-6-11(2)3/h10,12H,4-7,9H2,1-3H3. The molecule has 0 saturated heterocycles. The van der Waals surface area contributed by atoms with Crippen molar-refractivity contribution in [3.8, 4) is 0 Å². The van der Waals surface area contributed by atoms with Crippen molar-refractivity contribution < 1.29 is 5.11 Å². The van der Waals surface area contributed by atoms with Crippen LogP contribution in [0.3, 0.4) is 0 Å². The fourth-order valence-electron chi connectivity index (χ4n) is 1.10. The van der Waals surface area contributed by atoms with Gasteiger partial charge in [0, 0.05) is 6.54 Å². The van der Waals surface area contributed by atoms with E-state index in [1.165, 1.54) is 0 Å². The zero-order chi connectivity index (χ0) is 9.61. The van der Waals surface area contributed by atoms with Crippen LogP contribution in [0, 0.1) is 0 Å². The number of nitrogens with zero attached hydrogens (tertiary/aromatic N) is 1. The van der Waals surface area contributed by atoms with E-state index in [0.717, 1.165) is 13.0 Å². The number of aliphatic hydroxyl groups is 1. The van der Waals surface area contributed by atoms with Crippen LogP contribution in [0.4, 0.5) is 0 Å². The zero-order valence-electron chi connectivity index (χ0n) is 8.30. The molecule has 4 heteroatoms. The Morgan fingerprint density at radius 2 is 2.08 bits per heavy atom. The molecule has 4 N–H and O–H groups in total.